The molecule has 0 aliphatic carbocycles. The molecule has 0 aliphatic heterocycles. The number of nitrogens with one attached hydrogen (secondary N) is 1. The van der Waals surface area contributed by atoms with Crippen LogP contribution in [0.5, 0.6) is 0 Å². The Labute approximate surface area is 101 Å². The number of halogens is 1. The van der Waals surface area contributed by atoms with Crippen molar-refractivity contribution in [3.8, 4) is 0 Å². The predicted octanol–water partition coefficient (Wildman–Crippen LogP) is 1.82. The van der Waals surface area contributed by atoms with E-state index in [0.717, 1.165) is 11.5 Å². The SMILES string of the molecule is Cc1nnsc1C(=O)Nc1ccc(F)c(N)c1. The van der Waals surface area contributed by atoms with E-state index >= 15 is 0 Å². The van der Waals surface area contributed by atoms with Crippen LogP contribution < -0.4 is 11.1 Å². The third-order valence-electron chi connectivity index (χ3n) is 2.11. The van der Waals surface area contributed by atoms with Crippen LogP contribution in [0, 0.1) is 12.7 Å². The lowest BCUT2D eigenvalue weighted by Gasteiger charge is -2.04. The Hall–Kier alpha value is -2.02. The van der Waals surface area contributed by atoms with Gasteiger partial charge in [0, 0.05) is 5.69 Å². The van der Waals surface area contributed by atoms with Crippen LogP contribution in [0.3, 0.4) is 0 Å². The summed E-state index contributed by atoms with van der Waals surface area (Å²) in [6, 6.07) is 3.99. The van der Waals surface area contributed by atoms with Gasteiger partial charge in [-0.15, -0.1) is 5.10 Å². The quantitative estimate of drug-likeness (QED) is 0.799. The molecule has 1 aromatic carbocycles. The Balaban J connectivity index is 2.19. The Morgan fingerprint density at radius 3 is 2.88 bits per heavy atom. The van der Waals surface area contributed by atoms with Crippen LogP contribution in [0.1, 0.15) is 15.4 Å². The molecule has 2 aromatic rings. The van der Waals surface area contributed by atoms with E-state index in [1.807, 2.05) is 0 Å². The maximum Gasteiger partial charge on any atom is 0.269 e. The van der Waals surface area contributed by atoms with Crippen LogP contribution in [-0.2, 0) is 0 Å². The Morgan fingerprint density at radius 1 is 1.53 bits per heavy atom. The number of aromatic nitrogens is 2. The van der Waals surface area contributed by atoms with Crippen molar-refractivity contribution in [3.63, 3.8) is 0 Å². The largest absolute Gasteiger partial charge is 0.396 e. The first-order valence-electron chi connectivity index (χ1n) is 4.73. The van der Waals surface area contributed by atoms with Gasteiger partial charge in [-0.1, -0.05) is 4.49 Å². The van der Waals surface area contributed by atoms with Gasteiger partial charge >= 0.3 is 0 Å². The van der Waals surface area contributed by atoms with E-state index in [9.17, 15) is 9.18 Å². The molecule has 0 unspecified atom stereocenters. The summed E-state index contributed by atoms with van der Waals surface area (Å²) in [5, 5.41) is 6.33. The van der Waals surface area contributed by atoms with Crippen molar-refractivity contribution in [2.45, 2.75) is 6.92 Å². The summed E-state index contributed by atoms with van der Waals surface area (Å²) >= 11 is 1.01. The average Bonchev–Trinajstić information content (AvgIpc) is 2.70. The fourth-order valence-corrected chi connectivity index (χ4v) is 1.80. The zero-order valence-corrected chi connectivity index (χ0v) is 9.71. The zero-order chi connectivity index (χ0) is 12.4. The van der Waals surface area contributed by atoms with E-state index < -0.39 is 5.82 Å². The van der Waals surface area contributed by atoms with E-state index in [-0.39, 0.29) is 11.6 Å². The van der Waals surface area contributed by atoms with Crippen LogP contribution in [0.15, 0.2) is 18.2 Å². The molecule has 1 heterocycles. The third-order valence-corrected chi connectivity index (χ3v) is 2.94. The van der Waals surface area contributed by atoms with Gasteiger partial charge in [-0.2, -0.15) is 0 Å². The molecular weight excluding hydrogens is 243 g/mol. The van der Waals surface area contributed by atoms with Gasteiger partial charge in [-0.3, -0.25) is 4.79 Å². The number of hydrogen-bond acceptors (Lipinski definition) is 5. The highest BCUT2D eigenvalue weighted by Crippen LogP contribution is 2.18. The highest BCUT2D eigenvalue weighted by molar-refractivity contribution is 7.08. The molecule has 0 radical (unpaired) electrons. The number of aryl methyl sites for hydroxylation is 1. The zero-order valence-electron chi connectivity index (χ0n) is 8.90. The molecule has 17 heavy (non-hydrogen) atoms. The minimum Gasteiger partial charge on any atom is -0.396 e. The summed E-state index contributed by atoms with van der Waals surface area (Å²) in [5.74, 6) is -0.845. The molecule has 2 rings (SSSR count). The van der Waals surface area contributed by atoms with E-state index in [0.29, 0.717) is 16.3 Å². The highest BCUT2D eigenvalue weighted by Gasteiger charge is 2.13. The molecule has 5 nitrogen and oxygen atoms in total. The van der Waals surface area contributed by atoms with Crippen LogP contribution in [0.2, 0.25) is 0 Å². The van der Waals surface area contributed by atoms with Crippen LogP contribution in [-0.4, -0.2) is 15.5 Å². The third kappa shape index (κ3) is 2.39. The van der Waals surface area contributed by atoms with Crippen molar-refractivity contribution < 1.29 is 9.18 Å². The monoisotopic (exact) mass is 252 g/mol. The Kier molecular flexibility index (Phi) is 3.01. The standard InChI is InChI=1S/C10H9FN4OS/c1-5-9(17-15-14-5)10(16)13-6-2-3-7(11)8(12)4-6/h2-4H,12H2,1H3,(H,13,16). The molecule has 88 valence electrons. The molecular formula is C10H9FN4OS. The van der Waals surface area contributed by atoms with Crippen molar-refractivity contribution in [1.29, 1.82) is 0 Å². The number of nitrogen functional groups attached to an aromatic ring is 1. The fraction of sp³-hybridized carbons (Fsp3) is 0.100. The van der Waals surface area contributed by atoms with Crippen molar-refractivity contribution in [3.05, 3.63) is 34.6 Å². The molecule has 3 N–H and O–H groups in total. The van der Waals surface area contributed by atoms with E-state index in [1.165, 1.54) is 18.2 Å². The number of nitrogens with zero attached hydrogens (tertiary/aromatic N) is 2. The lowest BCUT2D eigenvalue weighted by atomic mass is 10.2. The maximum absolute atomic E-state index is 12.9. The van der Waals surface area contributed by atoms with Crippen LogP contribution >= 0.6 is 11.5 Å². The second-order valence-electron chi connectivity index (χ2n) is 3.38. The van der Waals surface area contributed by atoms with Gasteiger partial charge < -0.3 is 11.1 Å². The minimum absolute atomic E-state index is 0.0121. The number of amides is 1. The molecule has 0 spiro atoms. The number of benzene rings is 1. The van der Waals surface area contributed by atoms with Gasteiger partial charge in [0.15, 0.2) is 0 Å². The normalized spacial score (nSPS) is 10.2. The molecule has 0 atom stereocenters. The predicted molar refractivity (Wildman–Crippen MR) is 63.4 cm³/mol. The minimum atomic E-state index is -0.515. The smallest absolute Gasteiger partial charge is 0.269 e. The average molecular weight is 252 g/mol. The Morgan fingerprint density at radius 2 is 2.29 bits per heavy atom. The van der Waals surface area contributed by atoms with Gasteiger partial charge in [0.05, 0.1) is 11.4 Å². The van der Waals surface area contributed by atoms with Crippen molar-refractivity contribution in [2.24, 2.45) is 0 Å². The molecule has 0 bridgehead atoms. The fourth-order valence-electron chi connectivity index (χ4n) is 1.25. The van der Waals surface area contributed by atoms with Crippen LogP contribution in [0.4, 0.5) is 15.8 Å². The Bertz CT molecular complexity index is 569. The lowest BCUT2D eigenvalue weighted by Crippen LogP contribution is -2.11. The second-order valence-corrected chi connectivity index (χ2v) is 4.13. The number of anilines is 2. The maximum atomic E-state index is 12.9. The highest BCUT2D eigenvalue weighted by atomic mass is 32.1. The van der Waals surface area contributed by atoms with Crippen molar-refractivity contribution >= 4 is 28.8 Å². The van der Waals surface area contributed by atoms with Gasteiger partial charge in [-0.25, -0.2) is 4.39 Å². The van der Waals surface area contributed by atoms with Gasteiger partial charge in [0.2, 0.25) is 0 Å². The van der Waals surface area contributed by atoms with Crippen molar-refractivity contribution in [2.75, 3.05) is 11.1 Å². The summed E-state index contributed by atoms with van der Waals surface area (Å²) in [6.45, 7) is 1.69. The molecule has 1 amide bonds. The van der Waals surface area contributed by atoms with E-state index in [2.05, 4.69) is 14.9 Å². The summed E-state index contributed by atoms with van der Waals surface area (Å²) in [5.41, 5.74) is 6.37. The summed E-state index contributed by atoms with van der Waals surface area (Å²) < 4.78 is 16.6. The molecule has 0 fully saturated rings. The summed E-state index contributed by atoms with van der Waals surface area (Å²) in [4.78, 5) is 12.2. The van der Waals surface area contributed by atoms with E-state index in [4.69, 9.17) is 5.73 Å². The lowest BCUT2D eigenvalue weighted by molar-refractivity contribution is 0.103. The molecule has 0 saturated heterocycles. The summed E-state index contributed by atoms with van der Waals surface area (Å²) in [6.07, 6.45) is 0. The van der Waals surface area contributed by atoms with Crippen molar-refractivity contribution in [1.82, 2.24) is 9.59 Å². The first-order chi connectivity index (χ1) is 8.08. The molecule has 0 aliphatic rings. The number of hydrogen-bond donors (Lipinski definition) is 2. The number of carbonyl (C=O) groups is 1. The number of nitrogens with two attached hydrogens (primary N) is 1. The second kappa shape index (κ2) is 4.46. The number of rotatable bonds is 2. The topological polar surface area (TPSA) is 80.9 Å². The molecule has 0 saturated carbocycles. The van der Waals surface area contributed by atoms with Crippen LogP contribution in [0.25, 0.3) is 0 Å². The summed E-state index contributed by atoms with van der Waals surface area (Å²) in [7, 11) is 0. The van der Waals surface area contributed by atoms with E-state index in [1.54, 1.807) is 6.92 Å². The molecule has 1 aromatic heterocycles. The van der Waals surface area contributed by atoms with Gasteiger partial charge in [-0.05, 0) is 36.7 Å². The molecule has 7 heteroatoms. The first kappa shape index (κ1) is 11.5. The number of carbonyl (C=O) groups excluding carboxylic acids is 1. The van der Waals surface area contributed by atoms with Gasteiger partial charge in [0.1, 0.15) is 10.7 Å². The first-order valence-corrected chi connectivity index (χ1v) is 5.50. The van der Waals surface area contributed by atoms with Gasteiger partial charge in [0.25, 0.3) is 5.91 Å².